The van der Waals surface area contributed by atoms with Crippen LogP contribution in [-0.4, -0.2) is 32.6 Å². The van der Waals surface area contributed by atoms with Gasteiger partial charge in [0.15, 0.2) is 0 Å². The van der Waals surface area contributed by atoms with Crippen LogP contribution in [0.4, 0.5) is 13.2 Å². The molecule has 3 rings (SSSR count). The minimum Gasteiger partial charge on any atom is -0.493 e. The number of nitrogens with zero attached hydrogens (tertiary/aromatic N) is 2. The molecule has 0 spiro atoms. The molecule has 2 heterocycles. The average molecular weight is 419 g/mol. The summed E-state index contributed by atoms with van der Waals surface area (Å²) in [5.74, 6) is -0.184. The molecule has 0 fully saturated rings. The molecule has 0 aliphatic rings. The topological polar surface area (TPSA) is 88.1 Å². The number of aromatic nitrogens is 3. The number of imidazole rings is 1. The minimum absolute atomic E-state index is 0.00147. The lowest BCUT2D eigenvalue weighted by atomic mass is 9.91. The van der Waals surface area contributed by atoms with Crippen molar-refractivity contribution in [1.82, 2.24) is 15.0 Å². The first-order valence-electron chi connectivity index (χ1n) is 9.07. The van der Waals surface area contributed by atoms with Crippen LogP contribution in [0.2, 0.25) is 0 Å². The summed E-state index contributed by atoms with van der Waals surface area (Å²) in [4.78, 5) is 21.2. The van der Waals surface area contributed by atoms with Crippen molar-refractivity contribution in [2.24, 2.45) is 5.41 Å². The van der Waals surface area contributed by atoms with Gasteiger partial charge < -0.3 is 14.8 Å². The summed E-state index contributed by atoms with van der Waals surface area (Å²) in [6.45, 7) is 3.89. The summed E-state index contributed by atoms with van der Waals surface area (Å²) < 4.78 is 43.7. The summed E-state index contributed by atoms with van der Waals surface area (Å²) in [5, 5.41) is 8.92. The van der Waals surface area contributed by atoms with Gasteiger partial charge in [-0.2, -0.15) is 13.2 Å². The van der Waals surface area contributed by atoms with Crippen molar-refractivity contribution >= 4 is 5.97 Å². The van der Waals surface area contributed by atoms with Crippen molar-refractivity contribution in [3.05, 3.63) is 54.5 Å². The normalized spacial score (nSPS) is 12.0. The zero-order chi connectivity index (χ0) is 21.9. The third kappa shape index (κ3) is 5.37. The first-order chi connectivity index (χ1) is 14.0. The predicted octanol–water partition coefficient (Wildman–Crippen LogP) is 5.04. The van der Waals surface area contributed by atoms with E-state index in [0.29, 0.717) is 17.0 Å². The second-order valence-corrected chi connectivity index (χ2v) is 7.62. The van der Waals surface area contributed by atoms with Crippen LogP contribution in [0.3, 0.4) is 0 Å². The van der Waals surface area contributed by atoms with Gasteiger partial charge in [-0.25, -0.2) is 4.98 Å². The third-order valence-electron chi connectivity index (χ3n) is 4.33. The van der Waals surface area contributed by atoms with Crippen molar-refractivity contribution < 1.29 is 27.8 Å². The smallest absolute Gasteiger partial charge is 0.432 e. The summed E-state index contributed by atoms with van der Waals surface area (Å²) in [7, 11) is 0. The lowest BCUT2D eigenvalue weighted by Gasteiger charge is -2.22. The van der Waals surface area contributed by atoms with Crippen LogP contribution in [0.25, 0.3) is 22.6 Å². The summed E-state index contributed by atoms with van der Waals surface area (Å²) in [6, 6.07) is 10.4. The summed E-state index contributed by atoms with van der Waals surface area (Å²) in [6.07, 6.45) is -2.28. The maximum atomic E-state index is 12.7. The Morgan fingerprint density at radius 2 is 1.70 bits per heavy atom. The van der Waals surface area contributed by atoms with Crippen LogP contribution in [0.15, 0.2) is 48.8 Å². The summed E-state index contributed by atoms with van der Waals surface area (Å²) >= 11 is 0. The van der Waals surface area contributed by atoms with E-state index in [0.717, 1.165) is 11.8 Å². The highest BCUT2D eigenvalue weighted by molar-refractivity contribution is 5.67. The van der Waals surface area contributed by atoms with E-state index in [9.17, 15) is 18.0 Å². The number of aromatic amines is 1. The van der Waals surface area contributed by atoms with Crippen molar-refractivity contribution in [3.8, 4) is 28.4 Å². The minimum atomic E-state index is -4.48. The number of carboxylic acid groups (broad SMARTS) is 1. The number of hydrogen-bond donors (Lipinski definition) is 2. The zero-order valence-electron chi connectivity index (χ0n) is 16.3. The van der Waals surface area contributed by atoms with Crippen LogP contribution < -0.4 is 4.74 Å². The number of nitrogens with one attached hydrogen (secondary N) is 1. The van der Waals surface area contributed by atoms with E-state index in [1.807, 2.05) is 13.8 Å². The maximum Gasteiger partial charge on any atom is 0.432 e. The molecular weight excluding hydrogens is 399 g/mol. The molecule has 0 saturated heterocycles. The fourth-order valence-electron chi connectivity index (χ4n) is 2.78. The van der Waals surface area contributed by atoms with Crippen LogP contribution in [-0.2, 0) is 11.0 Å². The maximum absolute atomic E-state index is 12.7. The first-order valence-corrected chi connectivity index (χ1v) is 9.07. The number of carboxylic acids is 1. The van der Waals surface area contributed by atoms with Gasteiger partial charge in [-0.15, -0.1) is 0 Å². The largest absolute Gasteiger partial charge is 0.493 e. The molecule has 158 valence electrons. The molecule has 1 aromatic carbocycles. The highest BCUT2D eigenvalue weighted by atomic mass is 19.4. The number of H-pyrrole nitrogens is 1. The fraction of sp³-hybridized carbons (Fsp3) is 0.286. The number of alkyl halides is 3. The van der Waals surface area contributed by atoms with Crippen molar-refractivity contribution in [2.45, 2.75) is 26.4 Å². The molecule has 0 atom stereocenters. The highest BCUT2D eigenvalue weighted by Gasteiger charge is 2.33. The standard InChI is InChI=1S/C21H20F3N3O3/c1-20(2,9-18(28)29)12-30-15-6-3-13(4-7-15)16-8-5-14(10-25-16)19-26-11-17(27-19)21(22,23)24/h3-8,10-11H,9,12H2,1-2H3,(H,26,27)(H,28,29). The van der Waals surface area contributed by atoms with E-state index >= 15 is 0 Å². The van der Waals surface area contributed by atoms with Crippen LogP contribution >= 0.6 is 0 Å². The van der Waals surface area contributed by atoms with Crippen molar-refractivity contribution in [1.29, 1.82) is 0 Å². The number of hydrogen-bond acceptors (Lipinski definition) is 4. The number of rotatable bonds is 7. The van der Waals surface area contributed by atoms with Gasteiger partial charge in [-0.3, -0.25) is 9.78 Å². The second kappa shape index (κ2) is 8.17. The molecule has 3 aromatic rings. The van der Waals surface area contributed by atoms with Gasteiger partial charge in [0.05, 0.1) is 24.9 Å². The predicted molar refractivity (Wildman–Crippen MR) is 104 cm³/mol. The molecule has 0 bridgehead atoms. The number of halogens is 3. The quantitative estimate of drug-likeness (QED) is 0.560. The molecular formula is C21H20F3N3O3. The second-order valence-electron chi connectivity index (χ2n) is 7.62. The van der Waals surface area contributed by atoms with E-state index < -0.39 is 23.3 Å². The Morgan fingerprint density at radius 1 is 1.03 bits per heavy atom. The lowest BCUT2D eigenvalue weighted by molar-refractivity contribution is -0.141. The van der Waals surface area contributed by atoms with Crippen LogP contribution in [0.1, 0.15) is 26.0 Å². The number of aliphatic carboxylic acids is 1. The van der Waals surface area contributed by atoms with Crippen molar-refractivity contribution in [2.75, 3.05) is 6.61 Å². The SMILES string of the molecule is CC(C)(COc1ccc(-c2ccc(-c3ncc(C(F)(F)F)[nH]3)cn2)cc1)CC(=O)O. The monoisotopic (exact) mass is 419 g/mol. The molecule has 30 heavy (non-hydrogen) atoms. The Hall–Kier alpha value is -3.36. The van der Waals surface area contributed by atoms with E-state index in [2.05, 4.69) is 15.0 Å². The Kier molecular flexibility index (Phi) is 5.82. The zero-order valence-corrected chi connectivity index (χ0v) is 16.3. The van der Waals surface area contributed by atoms with E-state index in [4.69, 9.17) is 9.84 Å². The fourth-order valence-corrected chi connectivity index (χ4v) is 2.78. The highest BCUT2D eigenvalue weighted by Crippen LogP contribution is 2.30. The number of benzene rings is 1. The molecule has 6 nitrogen and oxygen atoms in total. The Bertz CT molecular complexity index is 1010. The molecule has 0 aliphatic carbocycles. The molecule has 2 N–H and O–H groups in total. The average Bonchev–Trinajstić information content (AvgIpc) is 3.17. The molecule has 0 saturated carbocycles. The Labute approximate surface area is 170 Å². The van der Waals surface area contributed by atoms with Gasteiger partial charge in [0, 0.05) is 22.7 Å². The Balaban J connectivity index is 1.67. The van der Waals surface area contributed by atoms with Crippen molar-refractivity contribution in [3.63, 3.8) is 0 Å². The molecule has 0 aliphatic heterocycles. The van der Waals surface area contributed by atoms with E-state index in [-0.39, 0.29) is 18.9 Å². The molecule has 0 amide bonds. The third-order valence-corrected chi connectivity index (χ3v) is 4.33. The molecule has 2 aromatic heterocycles. The van der Waals surface area contributed by atoms with Gasteiger partial charge in [0.2, 0.25) is 0 Å². The molecule has 9 heteroatoms. The number of ether oxygens (including phenoxy) is 1. The van der Waals surface area contributed by atoms with Gasteiger partial charge in [-0.1, -0.05) is 13.8 Å². The summed E-state index contributed by atoms with van der Waals surface area (Å²) in [5.41, 5.74) is 0.464. The van der Waals surface area contributed by atoms with Crippen LogP contribution in [0.5, 0.6) is 5.75 Å². The molecule has 0 unspecified atom stereocenters. The van der Waals surface area contributed by atoms with Gasteiger partial charge in [0.1, 0.15) is 17.3 Å². The first kappa shape index (κ1) is 21.4. The van der Waals surface area contributed by atoms with E-state index in [1.54, 1.807) is 36.4 Å². The van der Waals surface area contributed by atoms with Gasteiger partial charge >= 0.3 is 12.1 Å². The number of pyridine rings is 1. The van der Waals surface area contributed by atoms with E-state index in [1.165, 1.54) is 6.20 Å². The Morgan fingerprint density at radius 3 is 2.23 bits per heavy atom. The lowest BCUT2D eigenvalue weighted by Crippen LogP contribution is -2.24. The van der Waals surface area contributed by atoms with Gasteiger partial charge in [0.25, 0.3) is 0 Å². The van der Waals surface area contributed by atoms with Gasteiger partial charge in [-0.05, 0) is 36.4 Å². The van der Waals surface area contributed by atoms with Crippen LogP contribution in [0, 0.1) is 5.41 Å². The number of carbonyl (C=O) groups is 1. The molecule has 0 radical (unpaired) electrons.